The van der Waals surface area contributed by atoms with E-state index in [1.807, 2.05) is 0 Å². The van der Waals surface area contributed by atoms with Crippen molar-refractivity contribution in [2.45, 2.75) is 6.18 Å². The minimum Gasteiger partial charge on any atom is -0.483 e. The van der Waals surface area contributed by atoms with E-state index in [-0.39, 0.29) is 11.9 Å². The Balaban J connectivity index is 2.60. The van der Waals surface area contributed by atoms with Crippen LogP contribution in [-0.2, 0) is 0 Å². The summed E-state index contributed by atoms with van der Waals surface area (Å²) in [5.41, 5.74) is 0. The largest absolute Gasteiger partial charge is 0.483 e. The van der Waals surface area contributed by atoms with Crippen LogP contribution in [0.25, 0.3) is 0 Å². The quantitative estimate of drug-likeness (QED) is 0.691. The summed E-state index contributed by atoms with van der Waals surface area (Å²) in [4.78, 5) is 3.45. The summed E-state index contributed by atoms with van der Waals surface area (Å²) in [5.74, 6) is -0.167. The van der Waals surface area contributed by atoms with E-state index in [0.717, 1.165) is 0 Å². The zero-order valence-electron chi connectivity index (χ0n) is 6.93. The Labute approximate surface area is 68.4 Å². The van der Waals surface area contributed by atoms with E-state index in [1.165, 1.54) is 18.3 Å². The zero-order chi connectivity index (χ0) is 9.90. The molecule has 5 heteroatoms. The monoisotopic (exact) mass is 178 g/mol. The average Bonchev–Trinajstić information content (AvgIpc) is 2.01. The third-order valence-electron chi connectivity index (χ3n) is 0.974. The first-order valence-corrected chi connectivity index (χ1v) is 3.10. The number of pyridine rings is 1. The van der Waals surface area contributed by atoms with Gasteiger partial charge in [0.15, 0.2) is 6.61 Å². The average molecular weight is 178 g/mol. The van der Waals surface area contributed by atoms with Crippen molar-refractivity contribution < 1.29 is 19.3 Å². The van der Waals surface area contributed by atoms with Gasteiger partial charge in [0, 0.05) is 6.20 Å². The van der Waals surface area contributed by atoms with Crippen LogP contribution in [0.2, 0.25) is 0 Å². The number of ether oxygens (including phenoxy) is 1. The maximum Gasteiger partial charge on any atom is 0.422 e. The lowest BCUT2D eigenvalue weighted by molar-refractivity contribution is -0.153. The second-order valence-corrected chi connectivity index (χ2v) is 2.02. The highest BCUT2D eigenvalue weighted by atomic mass is 19.4. The van der Waals surface area contributed by atoms with E-state index in [2.05, 4.69) is 9.72 Å². The molecule has 1 heterocycles. The van der Waals surface area contributed by atoms with Gasteiger partial charge in [0.05, 0.1) is 7.54 Å². The number of hydrogen-bond donors (Lipinski definition) is 0. The van der Waals surface area contributed by atoms with Gasteiger partial charge in [-0.25, -0.2) is 0 Å². The molecule has 0 fully saturated rings. The first kappa shape index (κ1) is 7.39. The van der Waals surface area contributed by atoms with Crippen LogP contribution < -0.4 is 4.74 Å². The van der Waals surface area contributed by atoms with Crippen molar-refractivity contribution in [3.63, 3.8) is 0 Å². The van der Waals surface area contributed by atoms with E-state index in [1.54, 1.807) is 0 Å². The second kappa shape index (κ2) is 3.42. The predicted octanol–water partition coefficient (Wildman–Crippen LogP) is 2.02. The third kappa shape index (κ3) is 3.23. The second-order valence-electron chi connectivity index (χ2n) is 2.02. The molecule has 12 heavy (non-hydrogen) atoms. The van der Waals surface area contributed by atoms with Gasteiger partial charge in [0.25, 0.3) is 0 Å². The van der Waals surface area contributed by atoms with Crippen molar-refractivity contribution in [3.05, 3.63) is 24.5 Å². The summed E-state index contributed by atoms with van der Waals surface area (Å²) in [5, 5.41) is 0. The fraction of sp³-hybridized carbons (Fsp3) is 0.286. The molecule has 66 valence electrons. The van der Waals surface area contributed by atoms with Gasteiger partial charge in [-0.15, -0.1) is 0 Å². The lowest BCUT2D eigenvalue weighted by Crippen LogP contribution is -2.19. The lowest BCUT2D eigenvalue weighted by atomic mass is 10.5. The molecule has 0 unspecified atom stereocenters. The molecule has 1 aromatic heterocycles. The van der Waals surface area contributed by atoms with E-state index in [9.17, 15) is 13.2 Å². The van der Waals surface area contributed by atoms with E-state index in [4.69, 9.17) is 1.37 Å². The smallest absolute Gasteiger partial charge is 0.422 e. The van der Waals surface area contributed by atoms with Gasteiger partial charge in [-0.3, -0.25) is 4.98 Å². The molecule has 0 spiro atoms. The van der Waals surface area contributed by atoms with Crippen molar-refractivity contribution in [2.24, 2.45) is 0 Å². The summed E-state index contributed by atoms with van der Waals surface area (Å²) in [6.45, 7) is -1.40. The third-order valence-corrected chi connectivity index (χ3v) is 0.974. The van der Waals surface area contributed by atoms with Crippen molar-refractivity contribution in [3.8, 4) is 5.75 Å². The van der Waals surface area contributed by atoms with Gasteiger partial charge in [-0.05, 0) is 12.1 Å². The van der Waals surface area contributed by atoms with Crippen LogP contribution in [0.3, 0.4) is 0 Å². The molecule has 0 N–H and O–H groups in total. The van der Waals surface area contributed by atoms with Crippen molar-refractivity contribution in [2.75, 3.05) is 6.61 Å². The summed E-state index contributed by atoms with van der Waals surface area (Å²) in [6, 6.07) is 2.67. The first-order valence-electron chi connectivity index (χ1n) is 3.60. The van der Waals surface area contributed by atoms with Crippen molar-refractivity contribution >= 4 is 0 Å². The SMILES string of the molecule is [2H]c1ncccc1OCC(F)(F)F. The molecule has 0 bridgehead atoms. The summed E-state index contributed by atoms with van der Waals surface area (Å²) < 4.78 is 46.4. The molecule has 0 aliphatic heterocycles. The number of hydrogen-bond acceptors (Lipinski definition) is 2. The normalized spacial score (nSPS) is 12.4. The van der Waals surface area contributed by atoms with Crippen LogP contribution in [0.1, 0.15) is 1.37 Å². The maximum atomic E-state index is 11.7. The zero-order valence-corrected chi connectivity index (χ0v) is 5.93. The Morgan fingerprint density at radius 2 is 2.33 bits per heavy atom. The molecule has 2 nitrogen and oxygen atoms in total. The van der Waals surface area contributed by atoms with Crippen LogP contribution in [0.15, 0.2) is 24.5 Å². The van der Waals surface area contributed by atoms with Gasteiger partial charge in [0.1, 0.15) is 5.75 Å². The maximum absolute atomic E-state index is 11.7. The molecule has 1 rings (SSSR count). The number of alkyl halides is 3. The van der Waals surface area contributed by atoms with E-state index < -0.39 is 12.8 Å². The Morgan fingerprint density at radius 3 is 2.92 bits per heavy atom. The fourth-order valence-electron chi connectivity index (χ4n) is 0.552. The summed E-state index contributed by atoms with van der Waals surface area (Å²) in [6.07, 6.45) is -3.38. The number of nitrogens with zero attached hydrogens (tertiary/aromatic N) is 1. The molecule has 1 aromatic rings. The van der Waals surface area contributed by atoms with Gasteiger partial charge in [-0.1, -0.05) is 0 Å². The van der Waals surface area contributed by atoms with Crippen LogP contribution in [0, 0.1) is 0 Å². The Morgan fingerprint density at radius 1 is 1.58 bits per heavy atom. The Bertz CT molecular complexity index is 289. The van der Waals surface area contributed by atoms with Crippen LogP contribution in [0.5, 0.6) is 5.75 Å². The molecule has 0 aliphatic carbocycles. The first-order chi connectivity index (χ1) is 5.99. The Hall–Kier alpha value is -1.26. The Kier molecular flexibility index (Phi) is 2.11. The highest BCUT2D eigenvalue weighted by Gasteiger charge is 2.28. The molecule has 0 amide bonds. The molecular weight excluding hydrogens is 171 g/mol. The fourth-order valence-corrected chi connectivity index (χ4v) is 0.552. The number of halogens is 3. The highest BCUT2D eigenvalue weighted by molar-refractivity contribution is 5.15. The topological polar surface area (TPSA) is 22.1 Å². The lowest BCUT2D eigenvalue weighted by Gasteiger charge is -2.07. The van der Waals surface area contributed by atoms with Gasteiger partial charge < -0.3 is 4.74 Å². The van der Waals surface area contributed by atoms with Crippen LogP contribution >= 0.6 is 0 Å². The van der Waals surface area contributed by atoms with E-state index in [0.29, 0.717) is 0 Å². The minimum atomic E-state index is -4.39. The van der Waals surface area contributed by atoms with Crippen LogP contribution in [-0.4, -0.2) is 17.8 Å². The highest BCUT2D eigenvalue weighted by Crippen LogP contribution is 2.16. The molecule has 0 saturated heterocycles. The molecule has 0 atom stereocenters. The molecule has 0 aliphatic rings. The minimum absolute atomic E-state index is 0.167. The van der Waals surface area contributed by atoms with Gasteiger partial charge in [-0.2, -0.15) is 13.2 Å². The number of aromatic nitrogens is 1. The summed E-state index contributed by atoms with van der Waals surface area (Å²) in [7, 11) is 0. The predicted molar refractivity (Wildman–Crippen MR) is 35.8 cm³/mol. The van der Waals surface area contributed by atoms with Gasteiger partial charge in [0.2, 0.25) is 0 Å². The van der Waals surface area contributed by atoms with Crippen molar-refractivity contribution in [1.29, 1.82) is 0 Å². The molecule has 0 aromatic carbocycles. The van der Waals surface area contributed by atoms with Crippen molar-refractivity contribution in [1.82, 2.24) is 4.98 Å². The molecular formula is C7H6F3NO. The number of rotatable bonds is 2. The van der Waals surface area contributed by atoms with E-state index >= 15 is 0 Å². The van der Waals surface area contributed by atoms with Gasteiger partial charge >= 0.3 is 6.18 Å². The molecule has 0 saturated carbocycles. The summed E-state index contributed by atoms with van der Waals surface area (Å²) >= 11 is 0. The van der Waals surface area contributed by atoms with Crippen LogP contribution in [0.4, 0.5) is 13.2 Å². The molecule has 0 radical (unpaired) electrons. The standard InChI is InChI=1S/C7H6F3NO/c8-7(9,10)5-12-6-2-1-3-11-4-6/h1-4H,5H2/i4D.